The summed E-state index contributed by atoms with van der Waals surface area (Å²) in [5.41, 5.74) is 7.99. The standard InChI is InChI=1S/C26H21FN6O/c27-18-6-7-21-20(15-18)22(10-14-30-21)33-26(11-2-3-17(16-26)25(28)34)23-4-1-5-24(32-23)31-19-8-12-29-13-9-19/h1-15H,16H2,(H2,28,34)(H,30,33)(H,29,31,32). The van der Waals surface area contributed by atoms with Crippen LogP contribution in [0.25, 0.3) is 10.9 Å². The minimum absolute atomic E-state index is 0.268. The Morgan fingerprint density at radius 3 is 2.74 bits per heavy atom. The number of hydrogen-bond acceptors (Lipinski definition) is 6. The number of fused-ring (bicyclic) bond motifs is 1. The van der Waals surface area contributed by atoms with Gasteiger partial charge in [-0.05, 0) is 48.5 Å². The van der Waals surface area contributed by atoms with E-state index in [1.165, 1.54) is 12.1 Å². The van der Waals surface area contributed by atoms with Crippen molar-refractivity contribution >= 4 is 34.0 Å². The molecule has 7 nitrogen and oxygen atoms in total. The van der Waals surface area contributed by atoms with E-state index < -0.39 is 11.4 Å². The first-order valence-corrected chi connectivity index (χ1v) is 10.7. The van der Waals surface area contributed by atoms with Gasteiger partial charge in [0.05, 0.1) is 11.2 Å². The number of rotatable bonds is 6. The van der Waals surface area contributed by atoms with Gasteiger partial charge >= 0.3 is 0 Å². The van der Waals surface area contributed by atoms with Gasteiger partial charge in [0.15, 0.2) is 0 Å². The van der Waals surface area contributed by atoms with E-state index in [0.29, 0.717) is 33.7 Å². The first-order chi connectivity index (χ1) is 16.5. The summed E-state index contributed by atoms with van der Waals surface area (Å²) in [6, 6.07) is 15.5. The topological polar surface area (TPSA) is 106 Å². The smallest absolute Gasteiger partial charge is 0.244 e. The summed E-state index contributed by atoms with van der Waals surface area (Å²) in [4.78, 5) is 25.3. The Hall–Kier alpha value is -4.59. The highest BCUT2D eigenvalue weighted by atomic mass is 19.1. The maximum atomic E-state index is 14.1. The van der Waals surface area contributed by atoms with E-state index in [-0.39, 0.29) is 12.2 Å². The lowest BCUT2D eigenvalue weighted by Crippen LogP contribution is -2.38. The molecule has 0 aliphatic heterocycles. The highest BCUT2D eigenvalue weighted by Gasteiger charge is 2.35. The lowest BCUT2D eigenvalue weighted by molar-refractivity contribution is -0.114. The highest BCUT2D eigenvalue weighted by Crippen LogP contribution is 2.38. The normalized spacial score (nSPS) is 17.3. The Labute approximate surface area is 195 Å². The third-order valence-electron chi connectivity index (χ3n) is 5.68. The fourth-order valence-electron chi connectivity index (χ4n) is 4.05. The van der Waals surface area contributed by atoms with Crippen LogP contribution in [0.15, 0.2) is 97.0 Å². The van der Waals surface area contributed by atoms with Gasteiger partial charge in [-0.2, -0.15) is 0 Å². The van der Waals surface area contributed by atoms with Crippen LogP contribution in [0.3, 0.4) is 0 Å². The average molecular weight is 452 g/mol. The van der Waals surface area contributed by atoms with Crippen LogP contribution in [0.5, 0.6) is 0 Å². The largest absolute Gasteiger partial charge is 0.370 e. The number of anilines is 3. The summed E-state index contributed by atoms with van der Waals surface area (Å²) in [6.07, 6.45) is 10.7. The predicted molar refractivity (Wildman–Crippen MR) is 130 cm³/mol. The van der Waals surface area contributed by atoms with Crippen molar-refractivity contribution in [2.24, 2.45) is 5.73 Å². The zero-order valence-electron chi connectivity index (χ0n) is 18.1. The molecular formula is C26H21FN6O. The van der Waals surface area contributed by atoms with Crippen LogP contribution in [0.4, 0.5) is 21.6 Å². The minimum atomic E-state index is -0.907. The number of benzene rings is 1. The SMILES string of the molecule is NC(=O)C1=CC=CC(Nc2ccnc3ccc(F)cc23)(c2cccc(Nc3ccncc3)n2)C1. The molecule has 1 atom stereocenters. The van der Waals surface area contributed by atoms with Crippen molar-refractivity contribution in [3.05, 3.63) is 109 Å². The van der Waals surface area contributed by atoms with Crippen LogP contribution < -0.4 is 16.4 Å². The highest BCUT2D eigenvalue weighted by molar-refractivity contribution is 5.94. The number of nitrogens with two attached hydrogens (primary N) is 1. The monoisotopic (exact) mass is 452 g/mol. The molecule has 1 unspecified atom stereocenters. The Balaban J connectivity index is 1.59. The number of carbonyl (C=O) groups is 1. The molecular weight excluding hydrogens is 431 g/mol. The van der Waals surface area contributed by atoms with Crippen molar-refractivity contribution in [3.63, 3.8) is 0 Å². The average Bonchev–Trinajstić information content (AvgIpc) is 2.85. The third-order valence-corrected chi connectivity index (χ3v) is 5.68. The molecule has 168 valence electrons. The first kappa shape index (κ1) is 21.3. The molecule has 0 radical (unpaired) electrons. The van der Waals surface area contributed by atoms with Crippen LogP contribution in [0, 0.1) is 5.82 Å². The summed E-state index contributed by atoms with van der Waals surface area (Å²) in [7, 11) is 0. The van der Waals surface area contributed by atoms with E-state index in [2.05, 4.69) is 20.6 Å². The summed E-state index contributed by atoms with van der Waals surface area (Å²) in [5.74, 6) is -0.248. The van der Waals surface area contributed by atoms with Gasteiger partial charge in [0.2, 0.25) is 5.91 Å². The zero-order valence-corrected chi connectivity index (χ0v) is 18.1. The van der Waals surface area contributed by atoms with Crippen molar-refractivity contribution in [1.29, 1.82) is 0 Å². The molecule has 1 amide bonds. The first-order valence-electron chi connectivity index (χ1n) is 10.7. The van der Waals surface area contributed by atoms with Gasteiger partial charge in [0.1, 0.15) is 17.2 Å². The minimum Gasteiger partial charge on any atom is -0.370 e. The molecule has 0 spiro atoms. The molecule has 0 bridgehead atoms. The summed E-state index contributed by atoms with van der Waals surface area (Å²) in [5, 5.41) is 7.40. The van der Waals surface area contributed by atoms with E-state index in [4.69, 9.17) is 10.7 Å². The fraction of sp³-hybridized carbons (Fsp3) is 0.0769. The number of amides is 1. The number of primary amides is 1. The van der Waals surface area contributed by atoms with Gasteiger partial charge in [-0.25, -0.2) is 9.37 Å². The van der Waals surface area contributed by atoms with Crippen molar-refractivity contribution in [3.8, 4) is 0 Å². The number of allylic oxidation sites excluding steroid dienone is 2. The number of pyridine rings is 3. The Kier molecular flexibility index (Phi) is 5.47. The predicted octanol–water partition coefficient (Wildman–Crippen LogP) is 4.59. The summed E-state index contributed by atoms with van der Waals surface area (Å²) in [6.45, 7) is 0. The van der Waals surface area contributed by atoms with Crippen LogP contribution in [-0.4, -0.2) is 20.9 Å². The lowest BCUT2D eigenvalue weighted by Gasteiger charge is -2.35. The molecule has 3 aromatic heterocycles. The summed E-state index contributed by atoms with van der Waals surface area (Å²) >= 11 is 0. The molecule has 0 saturated carbocycles. The molecule has 0 fully saturated rings. The third kappa shape index (κ3) is 4.21. The van der Waals surface area contributed by atoms with Crippen LogP contribution >= 0.6 is 0 Å². The Morgan fingerprint density at radius 2 is 1.91 bits per heavy atom. The molecule has 3 heterocycles. The van der Waals surface area contributed by atoms with Gasteiger partial charge in [-0.3, -0.25) is 14.8 Å². The molecule has 5 rings (SSSR count). The molecule has 1 aliphatic carbocycles. The Bertz CT molecular complexity index is 1440. The quantitative estimate of drug-likeness (QED) is 0.395. The number of aromatic nitrogens is 3. The van der Waals surface area contributed by atoms with Crippen molar-refractivity contribution in [2.75, 3.05) is 10.6 Å². The zero-order chi connectivity index (χ0) is 23.5. The number of hydrogen-bond donors (Lipinski definition) is 3. The van der Waals surface area contributed by atoms with E-state index in [1.54, 1.807) is 42.9 Å². The molecule has 4 N–H and O–H groups in total. The lowest BCUT2D eigenvalue weighted by atomic mass is 9.82. The molecule has 34 heavy (non-hydrogen) atoms. The Morgan fingerprint density at radius 1 is 1.06 bits per heavy atom. The van der Waals surface area contributed by atoms with Crippen LogP contribution in [0.2, 0.25) is 0 Å². The molecule has 1 aliphatic rings. The van der Waals surface area contributed by atoms with E-state index >= 15 is 0 Å². The number of nitrogens with zero attached hydrogens (tertiary/aromatic N) is 3. The molecule has 8 heteroatoms. The van der Waals surface area contributed by atoms with E-state index in [1.807, 2.05) is 36.4 Å². The maximum Gasteiger partial charge on any atom is 0.244 e. The second-order valence-corrected chi connectivity index (χ2v) is 7.98. The van der Waals surface area contributed by atoms with Gasteiger partial charge in [-0.1, -0.05) is 24.3 Å². The molecule has 0 saturated heterocycles. The number of halogens is 1. The van der Waals surface area contributed by atoms with Gasteiger partial charge < -0.3 is 16.4 Å². The fourth-order valence-corrected chi connectivity index (χ4v) is 4.05. The second-order valence-electron chi connectivity index (χ2n) is 7.98. The number of carbonyl (C=O) groups excluding carboxylic acids is 1. The van der Waals surface area contributed by atoms with Gasteiger partial charge in [0.25, 0.3) is 0 Å². The molecule has 4 aromatic rings. The van der Waals surface area contributed by atoms with E-state index in [9.17, 15) is 9.18 Å². The van der Waals surface area contributed by atoms with E-state index in [0.717, 1.165) is 5.69 Å². The van der Waals surface area contributed by atoms with Crippen molar-refractivity contribution in [2.45, 2.75) is 12.0 Å². The van der Waals surface area contributed by atoms with Crippen LogP contribution in [-0.2, 0) is 10.3 Å². The van der Waals surface area contributed by atoms with Crippen LogP contribution in [0.1, 0.15) is 12.1 Å². The molecule has 1 aromatic carbocycles. The van der Waals surface area contributed by atoms with Gasteiger partial charge in [-0.15, -0.1) is 0 Å². The maximum absolute atomic E-state index is 14.1. The van der Waals surface area contributed by atoms with Crippen molar-refractivity contribution in [1.82, 2.24) is 15.0 Å². The number of nitrogens with one attached hydrogen (secondary N) is 2. The summed E-state index contributed by atoms with van der Waals surface area (Å²) < 4.78 is 14.1. The second kappa shape index (κ2) is 8.74. The van der Waals surface area contributed by atoms with Crippen molar-refractivity contribution < 1.29 is 9.18 Å². The van der Waals surface area contributed by atoms with Gasteiger partial charge in [0, 0.05) is 47.3 Å².